The number of nitrogens with zero attached hydrogens (tertiary/aromatic N) is 2. The van der Waals surface area contributed by atoms with Crippen molar-refractivity contribution in [2.24, 2.45) is 0 Å². The van der Waals surface area contributed by atoms with E-state index in [0.29, 0.717) is 25.2 Å². The smallest absolute Gasteiger partial charge is 0.262 e. The van der Waals surface area contributed by atoms with Crippen LogP contribution in [-0.4, -0.2) is 49.5 Å². The third-order valence-electron chi connectivity index (χ3n) is 4.79. The fourth-order valence-electron chi connectivity index (χ4n) is 3.43. The number of fused-ring (bicyclic) bond motifs is 1. The van der Waals surface area contributed by atoms with Crippen LogP contribution in [0.3, 0.4) is 0 Å². The van der Waals surface area contributed by atoms with Crippen LogP contribution in [0.2, 0.25) is 0 Å². The molecule has 26 heavy (non-hydrogen) atoms. The minimum Gasteiger partial charge on any atom is -0.479 e. The van der Waals surface area contributed by atoms with Gasteiger partial charge in [0.15, 0.2) is 12.4 Å². The Labute approximate surface area is 152 Å². The summed E-state index contributed by atoms with van der Waals surface area (Å²) in [7, 11) is 0. The summed E-state index contributed by atoms with van der Waals surface area (Å²) in [5.74, 6) is 0.747. The third-order valence-corrected chi connectivity index (χ3v) is 4.79. The number of piperazine rings is 1. The zero-order valence-electron chi connectivity index (χ0n) is 14.5. The number of para-hydroxylation sites is 1. The Morgan fingerprint density at radius 1 is 1.00 bits per heavy atom. The molecule has 134 valence electrons. The van der Waals surface area contributed by atoms with E-state index in [9.17, 15) is 9.59 Å². The van der Waals surface area contributed by atoms with Crippen LogP contribution in [0.15, 0.2) is 48.5 Å². The largest absolute Gasteiger partial charge is 0.479 e. The van der Waals surface area contributed by atoms with Crippen LogP contribution in [0.1, 0.15) is 5.56 Å². The molecule has 1 N–H and O–H groups in total. The van der Waals surface area contributed by atoms with Gasteiger partial charge in [0.2, 0.25) is 5.91 Å². The van der Waals surface area contributed by atoms with Crippen LogP contribution in [-0.2, 0) is 16.0 Å². The van der Waals surface area contributed by atoms with Gasteiger partial charge in [0.1, 0.15) is 0 Å². The minimum atomic E-state index is -0.133. The van der Waals surface area contributed by atoms with Crippen LogP contribution >= 0.6 is 0 Å². The van der Waals surface area contributed by atoms with Crippen molar-refractivity contribution < 1.29 is 14.3 Å². The molecule has 0 unspecified atom stereocenters. The first-order valence-electron chi connectivity index (χ1n) is 8.83. The van der Waals surface area contributed by atoms with Crippen molar-refractivity contribution in [2.45, 2.75) is 6.42 Å². The van der Waals surface area contributed by atoms with Crippen LogP contribution in [0.5, 0.6) is 5.75 Å². The van der Waals surface area contributed by atoms with E-state index in [4.69, 9.17) is 4.74 Å². The maximum Gasteiger partial charge on any atom is 0.262 e. The Kier molecular flexibility index (Phi) is 4.48. The van der Waals surface area contributed by atoms with Gasteiger partial charge >= 0.3 is 0 Å². The molecule has 1 saturated heterocycles. The number of carbonyl (C=O) groups is 2. The summed E-state index contributed by atoms with van der Waals surface area (Å²) in [4.78, 5) is 28.1. The van der Waals surface area contributed by atoms with Gasteiger partial charge in [0, 0.05) is 26.2 Å². The second-order valence-corrected chi connectivity index (χ2v) is 6.52. The van der Waals surface area contributed by atoms with Crippen molar-refractivity contribution in [2.75, 3.05) is 43.0 Å². The van der Waals surface area contributed by atoms with Crippen molar-refractivity contribution in [3.05, 3.63) is 54.1 Å². The molecular formula is C20H21N3O3. The lowest BCUT2D eigenvalue weighted by atomic mass is 10.1. The minimum absolute atomic E-state index is 0.0412. The number of ether oxygens (including phenoxy) is 1. The number of amides is 2. The van der Waals surface area contributed by atoms with Crippen molar-refractivity contribution in [3.63, 3.8) is 0 Å². The number of carbonyl (C=O) groups excluding carboxylic acids is 2. The van der Waals surface area contributed by atoms with Crippen LogP contribution < -0.4 is 15.0 Å². The van der Waals surface area contributed by atoms with Gasteiger partial charge in [-0.15, -0.1) is 0 Å². The lowest BCUT2D eigenvalue weighted by Crippen LogP contribution is -2.49. The average Bonchev–Trinajstić information content (AvgIpc) is 2.68. The van der Waals surface area contributed by atoms with Gasteiger partial charge in [-0.3, -0.25) is 9.59 Å². The van der Waals surface area contributed by atoms with Crippen molar-refractivity contribution >= 4 is 23.2 Å². The number of nitrogens with one attached hydrogen (secondary N) is 1. The Bertz CT molecular complexity index is 814. The molecule has 2 aromatic rings. The Balaban J connectivity index is 1.40. The summed E-state index contributed by atoms with van der Waals surface area (Å²) >= 11 is 0. The standard InChI is InChI=1S/C20H21N3O3/c24-18-14-26-20-16(21-18)7-4-8-17(20)22-9-11-23(12-10-22)19(25)13-15-5-2-1-3-6-15/h1-8H,9-14H2,(H,21,24). The maximum absolute atomic E-state index is 12.5. The van der Waals surface area contributed by atoms with E-state index in [0.717, 1.165) is 30.1 Å². The quantitative estimate of drug-likeness (QED) is 0.918. The van der Waals surface area contributed by atoms with Gasteiger partial charge in [0.25, 0.3) is 5.91 Å². The monoisotopic (exact) mass is 351 g/mol. The molecule has 6 heteroatoms. The maximum atomic E-state index is 12.5. The van der Waals surface area contributed by atoms with Gasteiger partial charge < -0.3 is 19.9 Å². The highest BCUT2D eigenvalue weighted by Gasteiger charge is 2.26. The van der Waals surface area contributed by atoms with E-state index in [1.165, 1.54) is 0 Å². The summed E-state index contributed by atoms with van der Waals surface area (Å²) in [6.45, 7) is 2.89. The lowest BCUT2D eigenvalue weighted by Gasteiger charge is -2.37. The Morgan fingerprint density at radius 2 is 1.77 bits per heavy atom. The molecule has 0 aliphatic carbocycles. The number of hydrogen-bond donors (Lipinski definition) is 1. The van der Waals surface area contributed by atoms with E-state index in [-0.39, 0.29) is 18.4 Å². The highest BCUT2D eigenvalue weighted by Crippen LogP contribution is 2.38. The summed E-state index contributed by atoms with van der Waals surface area (Å²) in [6, 6.07) is 15.6. The Morgan fingerprint density at radius 3 is 2.54 bits per heavy atom. The van der Waals surface area contributed by atoms with Gasteiger partial charge in [-0.1, -0.05) is 36.4 Å². The lowest BCUT2D eigenvalue weighted by molar-refractivity contribution is -0.130. The molecule has 2 amide bonds. The molecule has 0 radical (unpaired) electrons. The fraction of sp³-hybridized carbons (Fsp3) is 0.300. The molecule has 0 spiro atoms. The van der Waals surface area contributed by atoms with E-state index in [1.807, 2.05) is 53.4 Å². The zero-order valence-corrected chi connectivity index (χ0v) is 14.5. The molecule has 2 heterocycles. The molecule has 6 nitrogen and oxygen atoms in total. The first-order valence-corrected chi connectivity index (χ1v) is 8.83. The molecular weight excluding hydrogens is 330 g/mol. The molecule has 0 bridgehead atoms. The molecule has 0 saturated carbocycles. The van der Waals surface area contributed by atoms with Gasteiger partial charge in [-0.2, -0.15) is 0 Å². The SMILES string of the molecule is O=C1COc2c(cccc2N2CCN(C(=O)Cc3ccccc3)CC2)N1. The number of anilines is 2. The first-order chi connectivity index (χ1) is 12.7. The van der Waals surface area contributed by atoms with Crippen LogP contribution in [0, 0.1) is 0 Å². The number of rotatable bonds is 3. The summed E-state index contributed by atoms with van der Waals surface area (Å²) in [5.41, 5.74) is 2.72. The second kappa shape index (κ2) is 7.07. The summed E-state index contributed by atoms with van der Waals surface area (Å²) in [6.07, 6.45) is 0.441. The average molecular weight is 351 g/mol. The third kappa shape index (κ3) is 3.35. The second-order valence-electron chi connectivity index (χ2n) is 6.52. The zero-order chi connectivity index (χ0) is 17.9. The first kappa shape index (κ1) is 16.4. The van der Waals surface area contributed by atoms with Gasteiger partial charge in [0.05, 0.1) is 17.8 Å². The Hall–Kier alpha value is -3.02. The molecule has 4 rings (SSSR count). The van der Waals surface area contributed by atoms with Crippen molar-refractivity contribution in [1.29, 1.82) is 0 Å². The molecule has 1 fully saturated rings. The van der Waals surface area contributed by atoms with Gasteiger partial charge in [-0.05, 0) is 17.7 Å². The normalized spacial score (nSPS) is 16.5. The summed E-state index contributed by atoms with van der Waals surface area (Å²) in [5, 5.41) is 2.84. The van der Waals surface area contributed by atoms with Crippen molar-refractivity contribution in [1.82, 2.24) is 4.90 Å². The highest BCUT2D eigenvalue weighted by molar-refractivity contribution is 5.97. The number of hydrogen-bond acceptors (Lipinski definition) is 4. The number of benzene rings is 2. The van der Waals surface area contributed by atoms with Crippen molar-refractivity contribution in [3.8, 4) is 5.75 Å². The van der Waals surface area contributed by atoms with Gasteiger partial charge in [-0.25, -0.2) is 0 Å². The van der Waals surface area contributed by atoms with Crippen LogP contribution in [0.4, 0.5) is 11.4 Å². The van der Waals surface area contributed by atoms with Crippen LogP contribution in [0.25, 0.3) is 0 Å². The highest BCUT2D eigenvalue weighted by atomic mass is 16.5. The topological polar surface area (TPSA) is 61.9 Å². The molecule has 2 aliphatic heterocycles. The molecule has 0 aromatic heterocycles. The predicted molar refractivity (Wildman–Crippen MR) is 99.5 cm³/mol. The predicted octanol–water partition coefficient (Wildman–Crippen LogP) is 1.91. The van der Waals surface area contributed by atoms with E-state index in [2.05, 4.69) is 10.2 Å². The molecule has 2 aromatic carbocycles. The molecule has 0 atom stereocenters. The van der Waals surface area contributed by atoms with E-state index >= 15 is 0 Å². The van der Waals surface area contributed by atoms with E-state index in [1.54, 1.807) is 0 Å². The van der Waals surface area contributed by atoms with E-state index < -0.39 is 0 Å². The molecule has 2 aliphatic rings. The summed E-state index contributed by atoms with van der Waals surface area (Å²) < 4.78 is 5.64. The fourth-order valence-corrected chi connectivity index (χ4v) is 3.43.